The molecule has 3 aliphatic rings. The third-order valence-electron chi connectivity index (χ3n) is 9.55. The van der Waals surface area contributed by atoms with Crippen LogP contribution >= 0.6 is 0 Å². The van der Waals surface area contributed by atoms with Crippen LogP contribution in [0.1, 0.15) is 104 Å². The van der Waals surface area contributed by atoms with Crippen molar-refractivity contribution in [3.05, 3.63) is 36.5 Å². The minimum Gasteiger partial charge on any atom is -0.466 e. The Morgan fingerprint density at radius 1 is 1.04 bits per heavy atom. The van der Waals surface area contributed by atoms with E-state index in [1.54, 1.807) is 32.1 Å². The first-order chi connectivity index (χ1) is 24.3. The molecule has 0 amide bonds. The Bertz CT molecular complexity index is 1180. The minimum atomic E-state index is -2.27. The van der Waals surface area contributed by atoms with Gasteiger partial charge in [0.25, 0.3) is 0 Å². The Morgan fingerprint density at radius 3 is 2.47 bits per heavy atom. The van der Waals surface area contributed by atoms with E-state index in [1.165, 1.54) is 13.2 Å². The van der Waals surface area contributed by atoms with Crippen LogP contribution in [-0.4, -0.2) is 109 Å². The van der Waals surface area contributed by atoms with Gasteiger partial charge in [-0.25, -0.2) is 4.79 Å². The summed E-state index contributed by atoms with van der Waals surface area (Å²) in [6.45, 7) is 9.35. The van der Waals surface area contributed by atoms with Gasteiger partial charge in [-0.3, -0.25) is 9.59 Å². The molecule has 3 N–H and O–H groups in total. The fourth-order valence-corrected chi connectivity index (χ4v) is 6.55. The number of methoxy groups -OCH3 is 1. The van der Waals surface area contributed by atoms with E-state index in [-0.39, 0.29) is 56.5 Å². The molecule has 2 saturated heterocycles. The number of ether oxygens (including phenoxy) is 7. The maximum Gasteiger partial charge on any atom is 0.330 e. The van der Waals surface area contributed by atoms with Crippen molar-refractivity contribution in [2.45, 2.75) is 153 Å². The van der Waals surface area contributed by atoms with Crippen molar-refractivity contribution < 1.29 is 62.9 Å². The summed E-state index contributed by atoms with van der Waals surface area (Å²) in [5.41, 5.74) is -1.08. The van der Waals surface area contributed by atoms with Gasteiger partial charge in [-0.05, 0) is 43.8 Å². The van der Waals surface area contributed by atoms with E-state index in [0.29, 0.717) is 32.3 Å². The summed E-state index contributed by atoms with van der Waals surface area (Å²) in [6, 6.07) is 0. The summed E-state index contributed by atoms with van der Waals surface area (Å²) in [6.07, 6.45) is 6.85. The van der Waals surface area contributed by atoms with E-state index in [9.17, 15) is 29.7 Å². The zero-order valence-corrected chi connectivity index (χ0v) is 30.8. The van der Waals surface area contributed by atoms with Gasteiger partial charge in [-0.15, -0.1) is 6.58 Å². The Hall–Kier alpha value is -2.65. The average Bonchev–Trinajstić information content (AvgIpc) is 3.08. The minimum absolute atomic E-state index is 0.0145. The van der Waals surface area contributed by atoms with Crippen LogP contribution in [0.15, 0.2) is 36.5 Å². The van der Waals surface area contributed by atoms with Gasteiger partial charge in [0.05, 0.1) is 44.6 Å². The number of esters is 3. The van der Waals surface area contributed by atoms with E-state index in [4.69, 9.17) is 33.2 Å². The van der Waals surface area contributed by atoms with E-state index < -0.39 is 66.4 Å². The standard InChI is InChI=1S/C38H60O13/c1-6-8-9-10-11-13-32(41)50-36-26(21-33(42)45-5)20-30-24-31(25-39)47-34(43)22-27(40)15-18-46-19-16-29-23-28(12-7-2)48-35(49-29)14-17-37(3,4)38(36,44)51-30/h7,14,17,21,27-31,35-36,39-40,44H,2,6,8-13,15-16,18-20,22-25H2,1,3-5H3/b17-14+,26-21+/t27-,28?,29-,30+,31-,35+,36+,38-/m1/s1. The zero-order chi connectivity index (χ0) is 37.4. The first kappa shape index (κ1) is 42.8. The van der Waals surface area contributed by atoms with Gasteiger partial charge in [-0.1, -0.05) is 58.6 Å². The number of hydrogen-bond acceptors (Lipinski definition) is 13. The Kier molecular flexibility index (Phi) is 17.7. The highest BCUT2D eigenvalue weighted by Gasteiger charge is 2.57. The molecule has 0 aliphatic carbocycles. The number of carbonyl (C=O) groups excluding carboxylic acids is 3. The molecule has 0 spiro atoms. The van der Waals surface area contributed by atoms with Crippen LogP contribution in [0, 0.1) is 5.41 Å². The second kappa shape index (κ2) is 21.2. The molecule has 290 valence electrons. The molecule has 3 heterocycles. The summed E-state index contributed by atoms with van der Waals surface area (Å²) < 4.78 is 41.0. The molecule has 0 radical (unpaired) electrons. The number of carbonyl (C=O) groups is 3. The first-order valence-corrected chi connectivity index (χ1v) is 18.4. The number of hydrogen-bond donors (Lipinski definition) is 3. The SMILES string of the molecule is C=CCC1C[C@H]2CCOCC[C@@H](O)CC(=O)O[C@@H](CO)C[C@@H]3C/C(=C\C(=O)OC)[C@H](OC(=O)CCCCCCC)[C@@](O)(O3)C(C)(C)/C=C/[C@@H](O1)O2. The molecule has 51 heavy (non-hydrogen) atoms. The molecular formula is C38H60O13. The normalized spacial score (nSPS) is 33.7. The first-order valence-electron chi connectivity index (χ1n) is 18.4. The Balaban J connectivity index is 2.04. The molecule has 3 rings (SSSR count). The quantitative estimate of drug-likeness (QED) is 0.0902. The topological polar surface area (TPSA) is 177 Å². The van der Waals surface area contributed by atoms with Crippen LogP contribution in [0.2, 0.25) is 0 Å². The molecule has 0 aromatic rings. The van der Waals surface area contributed by atoms with Crippen molar-refractivity contribution >= 4 is 17.9 Å². The van der Waals surface area contributed by atoms with Crippen molar-refractivity contribution in [2.24, 2.45) is 5.41 Å². The summed E-state index contributed by atoms with van der Waals surface area (Å²) in [5.74, 6) is -4.29. The highest BCUT2D eigenvalue weighted by atomic mass is 16.7. The molecule has 4 bridgehead atoms. The van der Waals surface area contributed by atoms with Crippen LogP contribution in [0.5, 0.6) is 0 Å². The van der Waals surface area contributed by atoms with Gasteiger partial charge in [-0.2, -0.15) is 0 Å². The van der Waals surface area contributed by atoms with Crippen LogP contribution in [0.3, 0.4) is 0 Å². The van der Waals surface area contributed by atoms with Gasteiger partial charge in [0.2, 0.25) is 5.79 Å². The zero-order valence-electron chi connectivity index (χ0n) is 30.8. The summed E-state index contributed by atoms with van der Waals surface area (Å²) >= 11 is 0. The van der Waals surface area contributed by atoms with E-state index in [2.05, 4.69) is 13.5 Å². The number of aliphatic hydroxyl groups excluding tert-OH is 2. The smallest absolute Gasteiger partial charge is 0.330 e. The number of fused-ring (bicyclic) bond motifs is 4. The van der Waals surface area contributed by atoms with Crippen molar-refractivity contribution in [1.82, 2.24) is 0 Å². The Morgan fingerprint density at radius 2 is 1.76 bits per heavy atom. The molecule has 2 fully saturated rings. The lowest BCUT2D eigenvalue weighted by Gasteiger charge is -2.51. The molecule has 0 saturated carbocycles. The molecular weight excluding hydrogens is 664 g/mol. The highest BCUT2D eigenvalue weighted by Crippen LogP contribution is 2.47. The van der Waals surface area contributed by atoms with E-state index in [1.807, 2.05) is 0 Å². The van der Waals surface area contributed by atoms with Gasteiger partial charge in [0.1, 0.15) is 6.10 Å². The number of unbranched alkanes of at least 4 members (excludes halogenated alkanes) is 4. The van der Waals surface area contributed by atoms with Crippen molar-refractivity contribution in [2.75, 3.05) is 26.9 Å². The van der Waals surface area contributed by atoms with Crippen LogP contribution in [-0.2, 0) is 47.5 Å². The van der Waals surface area contributed by atoms with Gasteiger partial charge >= 0.3 is 17.9 Å². The maximum absolute atomic E-state index is 13.3. The number of rotatable bonds is 11. The molecule has 8 atom stereocenters. The van der Waals surface area contributed by atoms with Gasteiger partial charge in [0.15, 0.2) is 12.4 Å². The van der Waals surface area contributed by atoms with Crippen LogP contribution < -0.4 is 0 Å². The number of cyclic esters (lactones) is 1. The van der Waals surface area contributed by atoms with Crippen LogP contribution in [0.4, 0.5) is 0 Å². The van der Waals surface area contributed by atoms with Gasteiger partial charge in [0, 0.05) is 44.0 Å². The molecule has 13 heteroatoms. The van der Waals surface area contributed by atoms with Crippen LogP contribution in [0.25, 0.3) is 0 Å². The maximum atomic E-state index is 13.3. The second-order valence-electron chi connectivity index (χ2n) is 14.2. The summed E-state index contributed by atoms with van der Waals surface area (Å²) in [4.78, 5) is 38.7. The summed E-state index contributed by atoms with van der Waals surface area (Å²) in [7, 11) is 1.21. The average molecular weight is 725 g/mol. The third-order valence-corrected chi connectivity index (χ3v) is 9.55. The molecule has 13 nitrogen and oxygen atoms in total. The predicted molar refractivity (Wildman–Crippen MR) is 186 cm³/mol. The predicted octanol–water partition coefficient (Wildman–Crippen LogP) is 4.35. The largest absolute Gasteiger partial charge is 0.466 e. The van der Waals surface area contributed by atoms with E-state index >= 15 is 0 Å². The molecule has 3 aliphatic heterocycles. The van der Waals surface area contributed by atoms with E-state index in [0.717, 1.165) is 25.7 Å². The summed E-state index contributed by atoms with van der Waals surface area (Å²) in [5, 5.41) is 33.3. The fraction of sp³-hybridized carbons (Fsp3) is 0.763. The third kappa shape index (κ3) is 13.4. The molecule has 1 unspecified atom stereocenters. The lowest BCUT2D eigenvalue weighted by Crippen LogP contribution is -2.62. The Labute approximate surface area is 302 Å². The van der Waals surface area contributed by atoms with Crippen molar-refractivity contribution in [3.8, 4) is 0 Å². The van der Waals surface area contributed by atoms with Gasteiger partial charge < -0.3 is 48.5 Å². The fourth-order valence-electron chi connectivity index (χ4n) is 6.55. The number of aliphatic hydroxyl groups is 3. The lowest BCUT2D eigenvalue weighted by atomic mass is 9.74. The van der Waals surface area contributed by atoms with Crippen molar-refractivity contribution in [1.29, 1.82) is 0 Å². The highest BCUT2D eigenvalue weighted by molar-refractivity contribution is 5.83. The molecule has 0 aromatic heterocycles. The molecule has 0 aromatic carbocycles. The lowest BCUT2D eigenvalue weighted by molar-refractivity contribution is -0.327. The monoisotopic (exact) mass is 724 g/mol. The van der Waals surface area contributed by atoms with Crippen molar-refractivity contribution in [3.63, 3.8) is 0 Å². The second-order valence-corrected chi connectivity index (χ2v) is 14.2.